The van der Waals surface area contributed by atoms with Crippen molar-refractivity contribution >= 4 is 0 Å². The smallest absolute Gasteiger partial charge is 0.127 e. The third-order valence-corrected chi connectivity index (χ3v) is 4.45. The lowest BCUT2D eigenvalue weighted by Gasteiger charge is -2.34. The number of nitrogens with zero attached hydrogens (tertiary/aromatic N) is 1. The second-order valence-corrected chi connectivity index (χ2v) is 5.95. The molecule has 0 spiro atoms. The first-order valence-corrected chi connectivity index (χ1v) is 7.48. The minimum Gasteiger partial charge on any atom is -0.307 e. The van der Waals surface area contributed by atoms with Crippen molar-refractivity contribution in [3.8, 4) is 0 Å². The number of halogens is 1. The highest BCUT2D eigenvalue weighted by Crippen LogP contribution is 2.29. The molecule has 2 nitrogen and oxygen atoms in total. The first kappa shape index (κ1) is 13.1. The molecule has 0 radical (unpaired) electrons. The van der Waals surface area contributed by atoms with Gasteiger partial charge in [0.05, 0.1) is 0 Å². The topological polar surface area (TPSA) is 15.3 Å². The van der Waals surface area contributed by atoms with Gasteiger partial charge in [0.25, 0.3) is 0 Å². The van der Waals surface area contributed by atoms with E-state index >= 15 is 0 Å². The van der Waals surface area contributed by atoms with E-state index in [9.17, 15) is 4.39 Å². The molecular formula is C16H23FN2. The zero-order valence-electron chi connectivity index (χ0n) is 11.6. The fourth-order valence-electron chi connectivity index (χ4n) is 3.14. The van der Waals surface area contributed by atoms with Crippen LogP contribution in [0, 0.1) is 5.82 Å². The van der Waals surface area contributed by atoms with E-state index in [1.807, 2.05) is 12.1 Å². The number of hydrogen-bond donors (Lipinski definition) is 1. The van der Waals surface area contributed by atoms with Gasteiger partial charge in [0, 0.05) is 23.7 Å². The van der Waals surface area contributed by atoms with Gasteiger partial charge in [0.2, 0.25) is 0 Å². The maximum absolute atomic E-state index is 13.7. The summed E-state index contributed by atoms with van der Waals surface area (Å²) in [5, 5.41) is 3.59. The first-order valence-electron chi connectivity index (χ1n) is 7.48. The molecule has 2 aliphatic rings. The summed E-state index contributed by atoms with van der Waals surface area (Å²) in [5.74, 6) is -0.0992. The normalized spacial score (nSPS) is 23.5. The molecule has 1 aliphatic heterocycles. The molecular weight excluding hydrogens is 239 g/mol. The summed E-state index contributed by atoms with van der Waals surface area (Å²) >= 11 is 0. The van der Waals surface area contributed by atoms with Gasteiger partial charge in [-0.05, 0) is 51.8 Å². The van der Waals surface area contributed by atoms with Crippen molar-refractivity contribution in [2.45, 2.75) is 50.7 Å². The molecule has 0 bridgehead atoms. The molecule has 3 rings (SSSR count). The average molecular weight is 262 g/mol. The number of nitrogens with one attached hydrogen (secondary N) is 1. The van der Waals surface area contributed by atoms with Gasteiger partial charge < -0.3 is 10.2 Å². The van der Waals surface area contributed by atoms with E-state index in [4.69, 9.17) is 0 Å². The molecule has 1 aromatic rings. The minimum atomic E-state index is -0.0992. The Kier molecular flexibility index (Phi) is 3.85. The van der Waals surface area contributed by atoms with E-state index in [-0.39, 0.29) is 11.9 Å². The number of likely N-dealkylation sites (tertiary alicyclic amines) is 1. The molecule has 1 aliphatic carbocycles. The zero-order chi connectivity index (χ0) is 13.2. The SMILES string of the molecule is CC(NC1CCN(C2CC2)CC1)c1ccccc1F. The third kappa shape index (κ3) is 3.15. The van der Waals surface area contributed by atoms with Crippen LogP contribution in [0.2, 0.25) is 0 Å². The van der Waals surface area contributed by atoms with Gasteiger partial charge >= 0.3 is 0 Å². The highest BCUT2D eigenvalue weighted by Gasteiger charge is 2.32. The Balaban J connectivity index is 1.52. The van der Waals surface area contributed by atoms with Crippen LogP contribution in [-0.4, -0.2) is 30.1 Å². The van der Waals surface area contributed by atoms with Gasteiger partial charge in [-0.1, -0.05) is 18.2 Å². The quantitative estimate of drug-likeness (QED) is 0.897. The average Bonchev–Trinajstić information content (AvgIpc) is 3.24. The van der Waals surface area contributed by atoms with Gasteiger partial charge in [-0.25, -0.2) is 4.39 Å². The predicted molar refractivity (Wildman–Crippen MR) is 75.6 cm³/mol. The molecule has 3 heteroatoms. The molecule has 1 heterocycles. The summed E-state index contributed by atoms with van der Waals surface area (Å²) in [6.07, 6.45) is 5.16. The van der Waals surface area contributed by atoms with Crippen LogP contribution in [0.1, 0.15) is 44.2 Å². The van der Waals surface area contributed by atoms with Crippen LogP contribution in [0.3, 0.4) is 0 Å². The van der Waals surface area contributed by atoms with Gasteiger partial charge in [0.15, 0.2) is 0 Å². The maximum atomic E-state index is 13.7. The van der Waals surface area contributed by atoms with Crippen molar-refractivity contribution in [1.29, 1.82) is 0 Å². The summed E-state index contributed by atoms with van der Waals surface area (Å²) in [6.45, 7) is 4.46. The van der Waals surface area contributed by atoms with E-state index in [1.165, 1.54) is 38.8 Å². The Morgan fingerprint density at radius 2 is 1.84 bits per heavy atom. The van der Waals surface area contributed by atoms with Gasteiger partial charge in [-0.2, -0.15) is 0 Å². The Bertz CT molecular complexity index is 423. The fourth-order valence-corrected chi connectivity index (χ4v) is 3.14. The van der Waals surface area contributed by atoms with Crippen molar-refractivity contribution in [2.75, 3.05) is 13.1 Å². The largest absolute Gasteiger partial charge is 0.307 e. The number of hydrogen-bond acceptors (Lipinski definition) is 2. The van der Waals surface area contributed by atoms with Crippen LogP contribution in [0.25, 0.3) is 0 Å². The highest BCUT2D eigenvalue weighted by atomic mass is 19.1. The Hall–Kier alpha value is -0.930. The van der Waals surface area contributed by atoms with Gasteiger partial charge in [-0.15, -0.1) is 0 Å². The first-order chi connectivity index (χ1) is 9.24. The number of benzene rings is 1. The van der Waals surface area contributed by atoms with Crippen LogP contribution in [0.5, 0.6) is 0 Å². The molecule has 1 aromatic carbocycles. The Labute approximate surface area is 115 Å². The van der Waals surface area contributed by atoms with Crippen LogP contribution < -0.4 is 5.32 Å². The molecule has 2 fully saturated rings. The second-order valence-electron chi connectivity index (χ2n) is 5.95. The highest BCUT2D eigenvalue weighted by molar-refractivity contribution is 5.20. The van der Waals surface area contributed by atoms with Crippen molar-refractivity contribution in [2.24, 2.45) is 0 Å². The van der Waals surface area contributed by atoms with Crippen LogP contribution in [0.15, 0.2) is 24.3 Å². The molecule has 1 N–H and O–H groups in total. The van der Waals surface area contributed by atoms with E-state index in [0.717, 1.165) is 11.6 Å². The van der Waals surface area contributed by atoms with Crippen molar-refractivity contribution in [3.05, 3.63) is 35.6 Å². The van der Waals surface area contributed by atoms with Crippen molar-refractivity contribution in [3.63, 3.8) is 0 Å². The summed E-state index contributed by atoms with van der Waals surface area (Å²) in [7, 11) is 0. The Morgan fingerprint density at radius 1 is 1.16 bits per heavy atom. The van der Waals surface area contributed by atoms with E-state index in [1.54, 1.807) is 12.1 Å². The summed E-state index contributed by atoms with van der Waals surface area (Å²) in [5.41, 5.74) is 0.784. The number of piperidine rings is 1. The lowest BCUT2D eigenvalue weighted by Crippen LogP contribution is -2.44. The predicted octanol–water partition coefficient (Wildman–Crippen LogP) is 3.10. The summed E-state index contributed by atoms with van der Waals surface area (Å²) in [4.78, 5) is 2.62. The lowest BCUT2D eigenvalue weighted by atomic mass is 10.0. The van der Waals surface area contributed by atoms with E-state index < -0.39 is 0 Å². The minimum absolute atomic E-state index is 0.0960. The maximum Gasteiger partial charge on any atom is 0.127 e. The molecule has 1 saturated heterocycles. The van der Waals surface area contributed by atoms with E-state index in [2.05, 4.69) is 17.1 Å². The van der Waals surface area contributed by atoms with Crippen LogP contribution >= 0.6 is 0 Å². The van der Waals surface area contributed by atoms with E-state index in [0.29, 0.717) is 6.04 Å². The lowest BCUT2D eigenvalue weighted by molar-refractivity contribution is 0.184. The molecule has 1 atom stereocenters. The standard InChI is InChI=1S/C16H23FN2/c1-12(15-4-2-3-5-16(15)17)18-13-8-10-19(11-9-13)14-6-7-14/h2-5,12-14,18H,6-11H2,1H3. The molecule has 0 amide bonds. The molecule has 19 heavy (non-hydrogen) atoms. The monoisotopic (exact) mass is 262 g/mol. The van der Waals surface area contributed by atoms with Gasteiger partial charge in [-0.3, -0.25) is 0 Å². The molecule has 0 aromatic heterocycles. The van der Waals surface area contributed by atoms with Crippen LogP contribution in [-0.2, 0) is 0 Å². The van der Waals surface area contributed by atoms with Crippen LogP contribution in [0.4, 0.5) is 4.39 Å². The van der Waals surface area contributed by atoms with Crippen molar-refractivity contribution in [1.82, 2.24) is 10.2 Å². The van der Waals surface area contributed by atoms with Gasteiger partial charge in [0.1, 0.15) is 5.82 Å². The molecule has 1 saturated carbocycles. The third-order valence-electron chi connectivity index (χ3n) is 4.45. The summed E-state index contributed by atoms with van der Waals surface area (Å²) in [6, 6.07) is 8.59. The van der Waals surface area contributed by atoms with Crippen molar-refractivity contribution < 1.29 is 4.39 Å². The number of rotatable bonds is 4. The zero-order valence-corrected chi connectivity index (χ0v) is 11.6. The summed E-state index contributed by atoms with van der Waals surface area (Å²) < 4.78 is 13.7. The fraction of sp³-hybridized carbons (Fsp3) is 0.625. The molecule has 1 unspecified atom stereocenters. The second kappa shape index (κ2) is 5.59. The molecule has 104 valence electrons. The Morgan fingerprint density at radius 3 is 2.47 bits per heavy atom.